The number of hydrogen-bond acceptors (Lipinski definition) is 3. The Morgan fingerprint density at radius 3 is 2.78 bits per heavy atom. The van der Waals surface area contributed by atoms with Crippen molar-refractivity contribution in [3.8, 4) is 0 Å². The third-order valence-electron chi connectivity index (χ3n) is 4.13. The fourth-order valence-electron chi connectivity index (χ4n) is 2.87. The second-order valence-corrected chi connectivity index (χ2v) is 5.69. The van der Waals surface area contributed by atoms with Crippen molar-refractivity contribution < 1.29 is 5.11 Å². The quantitative estimate of drug-likeness (QED) is 0.874. The van der Waals surface area contributed by atoms with Gasteiger partial charge in [-0.2, -0.15) is 5.10 Å². The Balaban J connectivity index is 1.90. The normalized spacial score (nSPS) is 26.2. The van der Waals surface area contributed by atoms with Crippen LogP contribution < -0.4 is 0 Å². The van der Waals surface area contributed by atoms with E-state index in [1.165, 1.54) is 12.8 Å². The highest BCUT2D eigenvalue weighted by atomic mass is 16.3. The van der Waals surface area contributed by atoms with Gasteiger partial charge in [0, 0.05) is 13.0 Å². The molecule has 1 aliphatic rings. The fourth-order valence-corrected chi connectivity index (χ4v) is 2.87. The zero-order valence-corrected chi connectivity index (χ0v) is 11.5. The number of aliphatic hydroxyl groups is 1. The fraction of sp³-hybridized carbons (Fsp3) is 0.857. The average Bonchev–Trinajstić information content (AvgIpc) is 2.78. The Morgan fingerprint density at radius 1 is 1.39 bits per heavy atom. The van der Waals surface area contributed by atoms with Gasteiger partial charge >= 0.3 is 0 Å². The van der Waals surface area contributed by atoms with Crippen LogP contribution in [0, 0.1) is 11.8 Å². The molecule has 2 rings (SSSR count). The van der Waals surface area contributed by atoms with Crippen LogP contribution in [0.5, 0.6) is 0 Å². The molecular weight excluding hydrogens is 226 g/mol. The summed E-state index contributed by atoms with van der Waals surface area (Å²) in [5, 5.41) is 14.6. The van der Waals surface area contributed by atoms with Gasteiger partial charge in [-0.15, -0.1) is 0 Å². The lowest BCUT2D eigenvalue weighted by Gasteiger charge is -2.29. The molecule has 0 bridgehead atoms. The molecule has 0 amide bonds. The first kappa shape index (κ1) is 13.5. The van der Waals surface area contributed by atoms with Crippen LogP contribution in [0.25, 0.3) is 0 Å². The topological polar surface area (TPSA) is 50.9 Å². The summed E-state index contributed by atoms with van der Waals surface area (Å²) < 4.78 is 1.93. The number of aryl methyl sites for hydroxylation is 1. The molecule has 1 aromatic rings. The molecule has 1 aliphatic carbocycles. The van der Waals surface area contributed by atoms with Crippen LogP contribution in [-0.2, 0) is 13.0 Å². The SMILES string of the molecule is CCCn1ncnc1CC(O)C1CCC(C)CC1. The van der Waals surface area contributed by atoms with Crippen molar-refractivity contribution in [2.24, 2.45) is 11.8 Å². The van der Waals surface area contributed by atoms with Crippen molar-refractivity contribution in [2.75, 3.05) is 0 Å². The minimum atomic E-state index is -0.252. The van der Waals surface area contributed by atoms with Gasteiger partial charge in [0.1, 0.15) is 12.2 Å². The maximum atomic E-state index is 10.3. The second-order valence-electron chi connectivity index (χ2n) is 5.69. The maximum absolute atomic E-state index is 10.3. The van der Waals surface area contributed by atoms with E-state index in [0.717, 1.165) is 37.5 Å². The van der Waals surface area contributed by atoms with Gasteiger partial charge < -0.3 is 5.11 Å². The Kier molecular flexibility index (Phi) is 4.75. The van der Waals surface area contributed by atoms with E-state index >= 15 is 0 Å². The van der Waals surface area contributed by atoms with E-state index in [9.17, 15) is 5.11 Å². The first-order chi connectivity index (χ1) is 8.70. The van der Waals surface area contributed by atoms with Gasteiger partial charge in [0.2, 0.25) is 0 Å². The highest BCUT2D eigenvalue weighted by molar-refractivity contribution is 4.90. The molecule has 4 heteroatoms. The van der Waals surface area contributed by atoms with Gasteiger partial charge in [0.15, 0.2) is 0 Å². The number of aromatic nitrogens is 3. The summed E-state index contributed by atoms with van der Waals surface area (Å²) in [5.41, 5.74) is 0. The molecule has 0 saturated heterocycles. The summed E-state index contributed by atoms with van der Waals surface area (Å²) in [6, 6.07) is 0. The van der Waals surface area contributed by atoms with Crippen LogP contribution in [0.2, 0.25) is 0 Å². The van der Waals surface area contributed by atoms with Crippen LogP contribution in [0.15, 0.2) is 6.33 Å². The minimum absolute atomic E-state index is 0.252. The van der Waals surface area contributed by atoms with E-state index in [2.05, 4.69) is 23.9 Å². The third-order valence-corrected chi connectivity index (χ3v) is 4.13. The molecule has 1 N–H and O–H groups in total. The summed E-state index contributed by atoms with van der Waals surface area (Å²) in [6.45, 7) is 5.33. The van der Waals surface area contributed by atoms with E-state index in [1.54, 1.807) is 6.33 Å². The highest BCUT2D eigenvalue weighted by Gasteiger charge is 2.25. The molecule has 0 aliphatic heterocycles. The van der Waals surface area contributed by atoms with Gasteiger partial charge in [-0.1, -0.05) is 26.7 Å². The minimum Gasteiger partial charge on any atom is -0.392 e. The monoisotopic (exact) mass is 251 g/mol. The second kappa shape index (κ2) is 6.32. The van der Waals surface area contributed by atoms with E-state index in [-0.39, 0.29) is 6.10 Å². The molecule has 1 unspecified atom stereocenters. The number of nitrogens with zero attached hydrogens (tertiary/aromatic N) is 3. The van der Waals surface area contributed by atoms with Crippen LogP contribution in [-0.4, -0.2) is 26.0 Å². The molecule has 1 saturated carbocycles. The molecule has 1 aromatic heterocycles. The molecule has 1 heterocycles. The van der Waals surface area contributed by atoms with E-state index in [0.29, 0.717) is 12.3 Å². The largest absolute Gasteiger partial charge is 0.392 e. The molecule has 4 nitrogen and oxygen atoms in total. The van der Waals surface area contributed by atoms with Crippen molar-refractivity contribution in [1.29, 1.82) is 0 Å². The molecule has 0 aromatic carbocycles. The maximum Gasteiger partial charge on any atom is 0.138 e. The number of hydrogen-bond donors (Lipinski definition) is 1. The van der Waals surface area contributed by atoms with Crippen LogP contribution in [0.4, 0.5) is 0 Å². The smallest absolute Gasteiger partial charge is 0.138 e. The molecule has 102 valence electrons. The van der Waals surface area contributed by atoms with Crippen molar-refractivity contribution in [3.63, 3.8) is 0 Å². The van der Waals surface area contributed by atoms with Crippen molar-refractivity contribution in [2.45, 2.75) is 65.0 Å². The van der Waals surface area contributed by atoms with Crippen molar-refractivity contribution in [3.05, 3.63) is 12.2 Å². The predicted octanol–water partition coefficient (Wildman–Crippen LogP) is 2.42. The standard InChI is InChI=1S/C14H25N3O/c1-3-8-17-14(15-10-16-17)9-13(18)12-6-4-11(2)5-7-12/h10-13,18H,3-9H2,1-2H3. The Morgan fingerprint density at radius 2 is 2.11 bits per heavy atom. The summed E-state index contributed by atoms with van der Waals surface area (Å²) in [6.07, 6.45) is 7.87. The van der Waals surface area contributed by atoms with Crippen LogP contribution in [0.3, 0.4) is 0 Å². The van der Waals surface area contributed by atoms with Crippen LogP contribution >= 0.6 is 0 Å². The number of aliphatic hydroxyl groups excluding tert-OH is 1. The lowest BCUT2D eigenvalue weighted by atomic mass is 9.79. The van der Waals surface area contributed by atoms with E-state index in [4.69, 9.17) is 0 Å². The molecule has 0 radical (unpaired) electrons. The van der Waals surface area contributed by atoms with Gasteiger partial charge in [0.25, 0.3) is 0 Å². The first-order valence-corrected chi connectivity index (χ1v) is 7.25. The Bertz CT molecular complexity index is 356. The molecule has 1 atom stereocenters. The van der Waals surface area contributed by atoms with E-state index in [1.807, 2.05) is 4.68 Å². The molecule has 18 heavy (non-hydrogen) atoms. The van der Waals surface area contributed by atoms with Gasteiger partial charge in [0.05, 0.1) is 6.10 Å². The van der Waals surface area contributed by atoms with Crippen molar-refractivity contribution >= 4 is 0 Å². The van der Waals surface area contributed by atoms with Crippen LogP contribution in [0.1, 0.15) is 51.8 Å². The zero-order chi connectivity index (χ0) is 13.0. The molecule has 0 spiro atoms. The summed E-state index contributed by atoms with van der Waals surface area (Å²) >= 11 is 0. The predicted molar refractivity (Wildman–Crippen MR) is 71.1 cm³/mol. The van der Waals surface area contributed by atoms with Gasteiger partial charge in [-0.05, 0) is 31.1 Å². The highest BCUT2D eigenvalue weighted by Crippen LogP contribution is 2.31. The molecule has 1 fully saturated rings. The summed E-state index contributed by atoms with van der Waals surface area (Å²) in [4.78, 5) is 4.28. The van der Waals surface area contributed by atoms with Gasteiger partial charge in [-0.3, -0.25) is 4.68 Å². The van der Waals surface area contributed by atoms with Gasteiger partial charge in [-0.25, -0.2) is 4.98 Å². The number of rotatable bonds is 5. The lowest BCUT2D eigenvalue weighted by Crippen LogP contribution is -2.28. The zero-order valence-electron chi connectivity index (χ0n) is 11.5. The Labute approximate surface area is 109 Å². The van der Waals surface area contributed by atoms with E-state index < -0.39 is 0 Å². The van der Waals surface area contributed by atoms with Crippen molar-refractivity contribution in [1.82, 2.24) is 14.8 Å². The lowest BCUT2D eigenvalue weighted by molar-refractivity contribution is 0.0735. The summed E-state index contributed by atoms with van der Waals surface area (Å²) in [5.74, 6) is 2.22. The third kappa shape index (κ3) is 3.31. The first-order valence-electron chi connectivity index (χ1n) is 7.25. The molecular formula is C14H25N3O. The summed E-state index contributed by atoms with van der Waals surface area (Å²) in [7, 11) is 0. The average molecular weight is 251 g/mol. The Hall–Kier alpha value is -0.900.